The largest absolute Gasteiger partial charge is 0.497 e. The third-order valence-electron chi connectivity index (χ3n) is 3.31. The zero-order chi connectivity index (χ0) is 14.5. The molecule has 1 heterocycles. The number of nitrogens with one attached hydrogen (secondary N) is 1. The number of carbonyl (C=O) groups is 1. The molecule has 0 aliphatic rings. The number of aromatic nitrogens is 2. The summed E-state index contributed by atoms with van der Waals surface area (Å²) < 4.78 is 6.94. The summed E-state index contributed by atoms with van der Waals surface area (Å²) in [5, 5.41) is 7.04. The molecule has 2 rings (SSSR count). The number of carbonyl (C=O) groups excluding carboxylic acids is 1. The molecule has 0 unspecified atom stereocenters. The van der Waals surface area contributed by atoms with Gasteiger partial charge in [0.15, 0.2) is 0 Å². The zero-order valence-corrected chi connectivity index (χ0v) is 12.0. The van der Waals surface area contributed by atoms with Gasteiger partial charge in [-0.05, 0) is 31.0 Å². The molecule has 1 N–H and O–H groups in total. The van der Waals surface area contributed by atoms with E-state index in [4.69, 9.17) is 4.74 Å². The number of hydrogen-bond donors (Lipinski definition) is 1. The lowest BCUT2D eigenvalue weighted by Gasteiger charge is -2.07. The van der Waals surface area contributed by atoms with Crippen molar-refractivity contribution >= 4 is 11.6 Å². The Kier molecular flexibility index (Phi) is 4.40. The summed E-state index contributed by atoms with van der Waals surface area (Å²) in [5.74, 6) is 0.715. The van der Waals surface area contributed by atoms with Crippen molar-refractivity contribution in [3.8, 4) is 5.75 Å². The van der Waals surface area contributed by atoms with Gasteiger partial charge in [-0.15, -0.1) is 0 Å². The molecular weight excluding hydrogens is 254 g/mol. The number of methoxy groups -OCH3 is 1. The van der Waals surface area contributed by atoms with Gasteiger partial charge in [0, 0.05) is 30.9 Å². The highest BCUT2D eigenvalue weighted by Crippen LogP contribution is 2.17. The van der Waals surface area contributed by atoms with Crippen LogP contribution in [-0.2, 0) is 18.3 Å². The average Bonchev–Trinajstić information content (AvgIpc) is 2.77. The Labute approximate surface area is 118 Å². The Morgan fingerprint density at radius 2 is 2.25 bits per heavy atom. The van der Waals surface area contributed by atoms with Gasteiger partial charge in [-0.3, -0.25) is 9.48 Å². The molecule has 5 heteroatoms. The van der Waals surface area contributed by atoms with Gasteiger partial charge in [0.2, 0.25) is 5.91 Å². The molecule has 0 saturated carbocycles. The molecule has 2 aromatic rings. The fourth-order valence-electron chi connectivity index (χ4n) is 1.96. The minimum absolute atomic E-state index is 0.0125. The van der Waals surface area contributed by atoms with E-state index in [0.29, 0.717) is 12.8 Å². The van der Waals surface area contributed by atoms with Crippen molar-refractivity contribution in [1.82, 2.24) is 9.78 Å². The first kappa shape index (κ1) is 14.1. The minimum Gasteiger partial charge on any atom is -0.497 e. The predicted molar refractivity (Wildman–Crippen MR) is 77.9 cm³/mol. The maximum Gasteiger partial charge on any atom is 0.224 e. The molecule has 0 atom stereocenters. The number of hydrogen-bond acceptors (Lipinski definition) is 3. The Morgan fingerprint density at radius 3 is 2.90 bits per heavy atom. The molecule has 0 aliphatic carbocycles. The van der Waals surface area contributed by atoms with Crippen LogP contribution in [0.25, 0.3) is 0 Å². The third kappa shape index (κ3) is 3.38. The summed E-state index contributed by atoms with van der Waals surface area (Å²) in [6.07, 6.45) is 2.94. The lowest BCUT2D eigenvalue weighted by Crippen LogP contribution is -2.12. The van der Waals surface area contributed by atoms with Crippen molar-refractivity contribution in [3.63, 3.8) is 0 Å². The van der Waals surface area contributed by atoms with E-state index in [-0.39, 0.29) is 5.91 Å². The van der Waals surface area contributed by atoms with E-state index in [1.807, 2.05) is 43.0 Å². The van der Waals surface area contributed by atoms with Crippen molar-refractivity contribution < 1.29 is 9.53 Å². The Morgan fingerprint density at radius 1 is 1.45 bits per heavy atom. The standard InChI is InChI=1S/C15H19N3O2/c1-11-12(10-16-18(11)2)7-8-15(19)17-13-5-4-6-14(9-13)20-3/h4-6,9-10H,7-8H2,1-3H3,(H,17,19). The molecule has 106 valence electrons. The van der Waals surface area contributed by atoms with Crippen molar-refractivity contribution in [2.45, 2.75) is 19.8 Å². The Hall–Kier alpha value is -2.30. The molecule has 1 aromatic heterocycles. The smallest absolute Gasteiger partial charge is 0.224 e. The molecule has 5 nitrogen and oxygen atoms in total. The van der Waals surface area contributed by atoms with Gasteiger partial charge in [-0.2, -0.15) is 5.10 Å². The van der Waals surface area contributed by atoms with Gasteiger partial charge in [0.1, 0.15) is 5.75 Å². The average molecular weight is 273 g/mol. The fraction of sp³-hybridized carbons (Fsp3) is 0.333. The summed E-state index contributed by atoms with van der Waals surface area (Å²) in [6, 6.07) is 7.33. The predicted octanol–water partition coefficient (Wildman–Crippen LogP) is 2.31. The van der Waals surface area contributed by atoms with Gasteiger partial charge in [-0.1, -0.05) is 6.07 Å². The topological polar surface area (TPSA) is 56.1 Å². The van der Waals surface area contributed by atoms with E-state index >= 15 is 0 Å². The van der Waals surface area contributed by atoms with Crippen LogP contribution in [0.5, 0.6) is 5.75 Å². The van der Waals surface area contributed by atoms with Crippen LogP contribution in [0, 0.1) is 6.92 Å². The second-order valence-corrected chi connectivity index (χ2v) is 4.66. The van der Waals surface area contributed by atoms with Crippen molar-refractivity contribution in [1.29, 1.82) is 0 Å². The van der Waals surface area contributed by atoms with Gasteiger partial charge >= 0.3 is 0 Å². The summed E-state index contributed by atoms with van der Waals surface area (Å²) >= 11 is 0. The SMILES string of the molecule is COc1cccc(NC(=O)CCc2cnn(C)c2C)c1. The molecule has 0 aliphatic heterocycles. The highest BCUT2D eigenvalue weighted by atomic mass is 16.5. The van der Waals surface area contributed by atoms with Gasteiger partial charge in [0.25, 0.3) is 0 Å². The van der Waals surface area contributed by atoms with Crippen LogP contribution < -0.4 is 10.1 Å². The molecule has 0 saturated heterocycles. The molecular formula is C15H19N3O2. The van der Waals surface area contributed by atoms with Gasteiger partial charge < -0.3 is 10.1 Å². The van der Waals surface area contributed by atoms with E-state index in [2.05, 4.69) is 10.4 Å². The molecule has 20 heavy (non-hydrogen) atoms. The van der Waals surface area contributed by atoms with Crippen molar-refractivity contribution in [2.24, 2.45) is 7.05 Å². The summed E-state index contributed by atoms with van der Waals surface area (Å²) in [7, 11) is 3.50. The lowest BCUT2D eigenvalue weighted by atomic mass is 10.1. The number of ether oxygens (including phenoxy) is 1. The summed E-state index contributed by atoms with van der Waals surface area (Å²) in [6.45, 7) is 2.00. The Balaban J connectivity index is 1.90. The maximum absolute atomic E-state index is 11.9. The molecule has 0 spiro atoms. The van der Waals surface area contributed by atoms with Crippen molar-refractivity contribution in [3.05, 3.63) is 41.7 Å². The molecule has 1 aromatic carbocycles. The first-order valence-corrected chi connectivity index (χ1v) is 6.51. The first-order valence-electron chi connectivity index (χ1n) is 6.51. The quantitative estimate of drug-likeness (QED) is 0.909. The van der Waals surface area contributed by atoms with E-state index in [0.717, 1.165) is 22.7 Å². The van der Waals surface area contributed by atoms with Crippen LogP contribution in [0.1, 0.15) is 17.7 Å². The van der Waals surface area contributed by atoms with Gasteiger partial charge in [0.05, 0.1) is 13.3 Å². The number of rotatable bonds is 5. The number of anilines is 1. The number of nitrogens with zero attached hydrogens (tertiary/aromatic N) is 2. The number of aryl methyl sites for hydroxylation is 2. The van der Waals surface area contributed by atoms with E-state index < -0.39 is 0 Å². The number of amides is 1. The van der Waals surface area contributed by atoms with Crippen LogP contribution >= 0.6 is 0 Å². The Bertz CT molecular complexity index is 605. The third-order valence-corrected chi connectivity index (χ3v) is 3.31. The van der Waals surface area contributed by atoms with Gasteiger partial charge in [-0.25, -0.2) is 0 Å². The summed E-state index contributed by atoms with van der Waals surface area (Å²) in [4.78, 5) is 11.9. The first-order chi connectivity index (χ1) is 9.60. The van der Waals surface area contributed by atoms with Crippen LogP contribution in [0.3, 0.4) is 0 Å². The monoisotopic (exact) mass is 273 g/mol. The van der Waals surface area contributed by atoms with Crippen LogP contribution in [0.2, 0.25) is 0 Å². The second kappa shape index (κ2) is 6.23. The minimum atomic E-state index is -0.0125. The highest BCUT2D eigenvalue weighted by Gasteiger charge is 2.08. The zero-order valence-electron chi connectivity index (χ0n) is 12.0. The highest BCUT2D eigenvalue weighted by molar-refractivity contribution is 5.91. The van der Waals surface area contributed by atoms with E-state index in [1.54, 1.807) is 13.2 Å². The van der Waals surface area contributed by atoms with Crippen molar-refractivity contribution in [2.75, 3.05) is 12.4 Å². The molecule has 1 amide bonds. The molecule has 0 bridgehead atoms. The normalized spacial score (nSPS) is 10.3. The fourth-order valence-corrected chi connectivity index (χ4v) is 1.96. The maximum atomic E-state index is 11.9. The van der Waals surface area contributed by atoms with Crippen LogP contribution in [-0.4, -0.2) is 22.8 Å². The van der Waals surface area contributed by atoms with Crippen LogP contribution in [0.15, 0.2) is 30.5 Å². The van der Waals surface area contributed by atoms with Crippen LogP contribution in [0.4, 0.5) is 5.69 Å². The second-order valence-electron chi connectivity index (χ2n) is 4.66. The lowest BCUT2D eigenvalue weighted by molar-refractivity contribution is -0.116. The summed E-state index contributed by atoms with van der Waals surface area (Å²) in [5.41, 5.74) is 2.95. The number of benzene rings is 1. The molecule has 0 radical (unpaired) electrons. The molecule has 0 fully saturated rings. The van der Waals surface area contributed by atoms with E-state index in [1.165, 1.54) is 0 Å². The van der Waals surface area contributed by atoms with E-state index in [9.17, 15) is 4.79 Å².